The standard InChI is InChI=1S/C13H18BrClO3S/c1-9(2)11(8-19(15,16)17)7-18-13-5-4-10(3)6-12(13)14/h4-6,9,11H,7-8H2,1-3H3. The quantitative estimate of drug-likeness (QED) is 0.712. The lowest BCUT2D eigenvalue weighted by atomic mass is 9.99. The molecule has 0 N–H and O–H groups in total. The molecule has 1 rings (SSSR count). The lowest BCUT2D eigenvalue weighted by molar-refractivity contribution is 0.224. The molecule has 0 aliphatic heterocycles. The molecule has 19 heavy (non-hydrogen) atoms. The lowest BCUT2D eigenvalue weighted by Gasteiger charge is -2.20. The predicted molar refractivity (Wildman–Crippen MR) is 82.3 cm³/mol. The summed E-state index contributed by atoms with van der Waals surface area (Å²) in [7, 11) is 1.80. The molecule has 0 heterocycles. The van der Waals surface area contributed by atoms with Gasteiger partial charge in [-0.05, 0) is 46.5 Å². The summed E-state index contributed by atoms with van der Waals surface area (Å²) in [6.07, 6.45) is 0. The number of ether oxygens (including phenoxy) is 1. The highest BCUT2D eigenvalue weighted by atomic mass is 79.9. The zero-order valence-electron chi connectivity index (χ0n) is 11.2. The smallest absolute Gasteiger partial charge is 0.233 e. The highest BCUT2D eigenvalue weighted by Crippen LogP contribution is 2.27. The van der Waals surface area contributed by atoms with Crippen molar-refractivity contribution in [3.05, 3.63) is 28.2 Å². The van der Waals surface area contributed by atoms with E-state index >= 15 is 0 Å². The molecule has 0 radical (unpaired) electrons. The number of hydrogen-bond donors (Lipinski definition) is 0. The van der Waals surface area contributed by atoms with Crippen LogP contribution in [0.3, 0.4) is 0 Å². The van der Waals surface area contributed by atoms with Crippen molar-refractivity contribution in [3.8, 4) is 5.75 Å². The van der Waals surface area contributed by atoms with Gasteiger partial charge in [0.05, 0.1) is 16.8 Å². The van der Waals surface area contributed by atoms with Gasteiger partial charge in [-0.15, -0.1) is 0 Å². The molecular weight excluding hydrogens is 352 g/mol. The third-order valence-corrected chi connectivity index (χ3v) is 4.72. The van der Waals surface area contributed by atoms with Crippen LogP contribution >= 0.6 is 26.6 Å². The Morgan fingerprint density at radius 1 is 1.37 bits per heavy atom. The van der Waals surface area contributed by atoms with Crippen LogP contribution in [0.2, 0.25) is 0 Å². The van der Waals surface area contributed by atoms with E-state index in [1.165, 1.54) is 0 Å². The van der Waals surface area contributed by atoms with Gasteiger partial charge in [0.1, 0.15) is 5.75 Å². The van der Waals surface area contributed by atoms with Crippen molar-refractivity contribution in [2.45, 2.75) is 20.8 Å². The first-order chi connectivity index (χ1) is 8.69. The Bertz CT molecular complexity index is 529. The van der Waals surface area contributed by atoms with Crippen LogP contribution in [0.1, 0.15) is 19.4 Å². The van der Waals surface area contributed by atoms with Crippen molar-refractivity contribution >= 4 is 35.7 Å². The average molecular weight is 370 g/mol. The number of halogens is 2. The normalized spacial score (nSPS) is 13.6. The summed E-state index contributed by atoms with van der Waals surface area (Å²) in [5.41, 5.74) is 1.13. The van der Waals surface area contributed by atoms with Crippen LogP contribution in [0.15, 0.2) is 22.7 Å². The molecule has 0 aliphatic carbocycles. The molecule has 108 valence electrons. The number of rotatable bonds is 6. The van der Waals surface area contributed by atoms with Gasteiger partial charge in [0.25, 0.3) is 0 Å². The van der Waals surface area contributed by atoms with E-state index < -0.39 is 9.05 Å². The molecule has 0 aromatic heterocycles. The van der Waals surface area contributed by atoms with Crippen LogP contribution < -0.4 is 4.74 Å². The van der Waals surface area contributed by atoms with E-state index in [2.05, 4.69) is 15.9 Å². The first kappa shape index (κ1) is 16.8. The lowest BCUT2D eigenvalue weighted by Crippen LogP contribution is -2.24. The summed E-state index contributed by atoms with van der Waals surface area (Å²) < 4.78 is 28.9. The molecule has 1 aromatic rings. The van der Waals surface area contributed by atoms with Gasteiger partial charge in [0, 0.05) is 16.6 Å². The Balaban J connectivity index is 2.71. The second-order valence-electron chi connectivity index (χ2n) is 4.95. The van der Waals surface area contributed by atoms with Crippen LogP contribution in [0.25, 0.3) is 0 Å². The number of aryl methyl sites for hydroxylation is 1. The summed E-state index contributed by atoms with van der Waals surface area (Å²) in [5.74, 6) is 0.687. The van der Waals surface area contributed by atoms with Crippen molar-refractivity contribution in [2.24, 2.45) is 11.8 Å². The topological polar surface area (TPSA) is 43.4 Å². The Morgan fingerprint density at radius 2 is 2.00 bits per heavy atom. The Hall–Kier alpha value is -0.260. The van der Waals surface area contributed by atoms with Crippen LogP contribution in [-0.4, -0.2) is 20.8 Å². The largest absolute Gasteiger partial charge is 0.492 e. The molecule has 0 saturated heterocycles. The van der Waals surface area contributed by atoms with E-state index in [4.69, 9.17) is 15.4 Å². The minimum atomic E-state index is -3.51. The van der Waals surface area contributed by atoms with Gasteiger partial charge in [-0.25, -0.2) is 8.42 Å². The average Bonchev–Trinajstić information content (AvgIpc) is 2.24. The minimum absolute atomic E-state index is 0.0737. The summed E-state index contributed by atoms with van der Waals surface area (Å²) in [5, 5.41) is 0. The molecule has 0 spiro atoms. The van der Waals surface area contributed by atoms with Crippen molar-refractivity contribution < 1.29 is 13.2 Å². The third kappa shape index (κ3) is 6.15. The Morgan fingerprint density at radius 3 is 2.47 bits per heavy atom. The predicted octanol–water partition coefficient (Wildman–Crippen LogP) is 3.98. The van der Waals surface area contributed by atoms with E-state index in [9.17, 15) is 8.42 Å². The second kappa shape index (κ2) is 6.95. The molecule has 1 unspecified atom stereocenters. The molecular formula is C13H18BrClO3S. The van der Waals surface area contributed by atoms with E-state index in [0.717, 1.165) is 10.0 Å². The van der Waals surface area contributed by atoms with Crippen LogP contribution in [0.5, 0.6) is 5.75 Å². The van der Waals surface area contributed by atoms with Crippen molar-refractivity contribution in [3.63, 3.8) is 0 Å². The molecule has 0 saturated carbocycles. The van der Waals surface area contributed by atoms with Crippen LogP contribution in [0.4, 0.5) is 0 Å². The first-order valence-electron chi connectivity index (χ1n) is 6.00. The highest BCUT2D eigenvalue weighted by molar-refractivity contribution is 9.10. The van der Waals surface area contributed by atoms with E-state index in [0.29, 0.717) is 12.4 Å². The number of benzene rings is 1. The van der Waals surface area contributed by atoms with Gasteiger partial charge in [-0.2, -0.15) is 0 Å². The molecule has 6 heteroatoms. The Labute approximate surface area is 127 Å². The van der Waals surface area contributed by atoms with E-state index in [-0.39, 0.29) is 17.6 Å². The van der Waals surface area contributed by atoms with E-state index in [1.807, 2.05) is 39.0 Å². The molecule has 0 fully saturated rings. The summed E-state index contributed by atoms with van der Waals surface area (Å²) in [6.45, 7) is 6.23. The molecule has 3 nitrogen and oxygen atoms in total. The monoisotopic (exact) mass is 368 g/mol. The fourth-order valence-corrected chi connectivity index (χ4v) is 3.69. The third-order valence-electron chi connectivity index (χ3n) is 2.90. The molecule has 0 aliphatic rings. The van der Waals surface area contributed by atoms with Gasteiger partial charge in [0.2, 0.25) is 9.05 Å². The van der Waals surface area contributed by atoms with Gasteiger partial charge >= 0.3 is 0 Å². The molecule has 1 aromatic carbocycles. The van der Waals surface area contributed by atoms with Gasteiger partial charge < -0.3 is 4.74 Å². The highest BCUT2D eigenvalue weighted by Gasteiger charge is 2.21. The fourth-order valence-electron chi connectivity index (χ4n) is 1.61. The van der Waals surface area contributed by atoms with Crippen LogP contribution in [0, 0.1) is 18.8 Å². The van der Waals surface area contributed by atoms with Crippen molar-refractivity contribution in [1.29, 1.82) is 0 Å². The molecule has 1 atom stereocenters. The summed E-state index contributed by atoms with van der Waals surface area (Å²) in [6, 6.07) is 5.77. The maximum Gasteiger partial charge on any atom is 0.233 e. The van der Waals surface area contributed by atoms with Gasteiger partial charge in [-0.1, -0.05) is 19.9 Å². The fraction of sp³-hybridized carbons (Fsp3) is 0.538. The summed E-state index contributed by atoms with van der Waals surface area (Å²) >= 11 is 3.43. The van der Waals surface area contributed by atoms with Gasteiger partial charge in [-0.3, -0.25) is 0 Å². The first-order valence-corrected chi connectivity index (χ1v) is 9.27. The van der Waals surface area contributed by atoms with Crippen LogP contribution in [-0.2, 0) is 9.05 Å². The summed E-state index contributed by atoms with van der Waals surface area (Å²) in [4.78, 5) is 0. The maximum atomic E-state index is 11.2. The second-order valence-corrected chi connectivity index (χ2v) is 8.63. The minimum Gasteiger partial charge on any atom is -0.492 e. The van der Waals surface area contributed by atoms with Crippen molar-refractivity contribution in [2.75, 3.05) is 12.4 Å². The zero-order chi connectivity index (χ0) is 14.6. The Kier molecular flexibility index (Phi) is 6.15. The maximum absolute atomic E-state index is 11.2. The van der Waals surface area contributed by atoms with Gasteiger partial charge in [0.15, 0.2) is 0 Å². The molecule has 0 bridgehead atoms. The zero-order valence-corrected chi connectivity index (χ0v) is 14.3. The SMILES string of the molecule is Cc1ccc(OCC(CS(=O)(=O)Cl)C(C)C)c(Br)c1. The van der Waals surface area contributed by atoms with E-state index in [1.54, 1.807) is 0 Å². The molecule has 0 amide bonds. The van der Waals surface area contributed by atoms with Crippen molar-refractivity contribution in [1.82, 2.24) is 0 Å². The number of hydrogen-bond acceptors (Lipinski definition) is 3.